The molecule has 0 saturated heterocycles. The van der Waals surface area contributed by atoms with Crippen molar-refractivity contribution in [1.29, 1.82) is 0 Å². The van der Waals surface area contributed by atoms with Crippen molar-refractivity contribution in [2.75, 3.05) is 5.73 Å². The summed E-state index contributed by atoms with van der Waals surface area (Å²) in [6.45, 7) is 2.17. The van der Waals surface area contributed by atoms with Gasteiger partial charge in [-0.15, -0.1) is 0 Å². The largest absolute Gasteiger partial charge is 0.399 e. The Morgan fingerprint density at radius 2 is 1.80 bits per heavy atom. The molecule has 82 valence electrons. The summed E-state index contributed by atoms with van der Waals surface area (Å²) in [7, 11) is 0. The molecule has 0 aliphatic heterocycles. The lowest BCUT2D eigenvalue weighted by atomic mass is 9.80. The minimum Gasteiger partial charge on any atom is -0.399 e. The van der Waals surface area contributed by atoms with E-state index in [1.807, 2.05) is 6.07 Å². The first kappa shape index (κ1) is 10.5. The second-order valence-electron chi connectivity index (χ2n) is 4.73. The fourth-order valence-electron chi connectivity index (χ4n) is 2.53. The summed E-state index contributed by atoms with van der Waals surface area (Å²) in [6.07, 6.45) is 4.73. The molecule has 0 bridgehead atoms. The van der Waals surface area contributed by atoms with Gasteiger partial charge in [-0.25, -0.2) is 0 Å². The van der Waals surface area contributed by atoms with Crippen molar-refractivity contribution in [3.8, 4) is 0 Å². The lowest BCUT2D eigenvalue weighted by Crippen LogP contribution is -2.25. The molecule has 0 heterocycles. The standard InChI is InChI=1S/C13H20N2/c1-9-2-5-12(15)8-13(9)10-3-6-11(14)7-4-10/h2,5,8,10-11H,3-4,6-7,14-15H2,1H3. The molecule has 1 aromatic rings. The van der Waals surface area contributed by atoms with Gasteiger partial charge < -0.3 is 11.5 Å². The highest BCUT2D eigenvalue weighted by molar-refractivity contribution is 5.45. The van der Waals surface area contributed by atoms with Crippen LogP contribution >= 0.6 is 0 Å². The van der Waals surface area contributed by atoms with Gasteiger partial charge in [-0.2, -0.15) is 0 Å². The van der Waals surface area contributed by atoms with Crippen LogP contribution in [-0.4, -0.2) is 6.04 Å². The van der Waals surface area contributed by atoms with E-state index in [-0.39, 0.29) is 0 Å². The molecule has 0 radical (unpaired) electrons. The number of aryl methyl sites for hydroxylation is 1. The highest BCUT2D eigenvalue weighted by Crippen LogP contribution is 2.34. The molecular weight excluding hydrogens is 184 g/mol. The third-order valence-electron chi connectivity index (χ3n) is 3.51. The van der Waals surface area contributed by atoms with Gasteiger partial charge in [0, 0.05) is 11.7 Å². The monoisotopic (exact) mass is 204 g/mol. The highest BCUT2D eigenvalue weighted by atomic mass is 14.6. The molecule has 1 fully saturated rings. The van der Waals surface area contributed by atoms with E-state index in [0.29, 0.717) is 12.0 Å². The van der Waals surface area contributed by atoms with Crippen LogP contribution in [0.1, 0.15) is 42.7 Å². The van der Waals surface area contributed by atoms with Crippen LogP contribution < -0.4 is 11.5 Å². The first-order valence-corrected chi connectivity index (χ1v) is 5.78. The van der Waals surface area contributed by atoms with Crippen molar-refractivity contribution < 1.29 is 0 Å². The van der Waals surface area contributed by atoms with Crippen LogP contribution in [0.4, 0.5) is 5.69 Å². The number of nitrogen functional groups attached to an aromatic ring is 1. The molecule has 1 saturated carbocycles. The first-order valence-electron chi connectivity index (χ1n) is 5.78. The smallest absolute Gasteiger partial charge is 0.0317 e. The van der Waals surface area contributed by atoms with Gasteiger partial charge in [-0.3, -0.25) is 0 Å². The zero-order chi connectivity index (χ0) is 10.8. The van der Waals surface area contributed by atoms with Crippen molar-refractivity contribution >= 4 is 5.69 Å². The van der Waals surface area contributed by atoms with Gasteiger partial charge in [0.15, 0.2) is 0 Å². The maximum Gasteiger partial charge on any atom is 0.0317 e. The number of rotatable bonds is 1. The molecule has 2 nitrogen and oxygen atoms in total. The Morgan fingerprint density at radius 1 is 1.13 bits per heavy atom. The summed E-state index contributed by atoms with van der Waals surface area (Å²) in [4.78, 5) is 0. The molecule has 2 rings (SSSR count). The molecule has 15 heavy (non-hydrogen) atoms. The SMILES string of the molecule is Cc1ccc(N)cc1C1CCC(N)CC1. The van der Waals surface area contributed by atoms with Gasteiger partial charge in [-0.05, 0) is 61.8 Å². The molecular formula is C13H20N2. The predicted molar refractivity (Wildman–Crippen MR) is 64.8 cm³/mol. The third-order valence-corrected chi connectivity index (χ3v) is 3.51. The minimum atomic E-state index is 0.419. The summed E-state index contributed by atoms with van der Waals surface area (Å²) in [5, 5.41) is 0. The van der Waals surface area contributed by atoms with E-state index in [4.69, 9.17) is 11.5 Å². The average molecular weight is 204 g/mol. The Kier molecular flexibility index (Phi) is 2.96. The first-order chi connectivity index (χ1) is 7.16. The number of anilines is 1. The van der Waals surface area contributed by atoms with Crippen molar-refractivity contribution in [3.05, 3.63) is 29.3 Å². The van der Waals surface area contributed by atoms with Crippen LogP contribution in [-0.2, 0) is 0 Å². The average Bonchev–Trinajstić information content (AvgIpc) is 2.23. The molecule has 2 heteroatoms. The maximum atomic E-state index is 5.92. The molecule has 0 aromatic heterocycles. The van der Waals surface area contributed by atoms with E-state index in [9.17, 15) is 0 Å². The second-order valence-corrected chi connectivity index (χ2v) is 4.73. The van der Waals surface area contributed by atoms with Gasteiger partial charge >= 0.3 is 0 Å². The summed E-state index contributed by atoms with van der Waals surface area (Å²) in [5.41, 5.74) is 15.4. The van der Waals surface area contributed by atoms with E-state index in [1.165, 1.54) is 24.0 Å². The van der Waals surface area contributed by atoms with Gasteiger partial charge in [-0.1, -0.05) is 6.07 Å². The summed E-state index contributed by atoms with van der Waals surface area (Å²) < 4.78 is 0. The quantitative estimate of drug-likeness (QED) is 0.691. The topological polar surface area (TPSA) is 52.0 Å². The van der Waals surface area contributed by atoms with E-state index >= 15 is 0 Å². The Hall–Kier alpha value is -1.02. The van der Waals surface area contributed by atoms with Gasteiger partial charge in [0.05, 0.1) is 0 Å². The number of nitrogens with two attached hydrogens (primary N) is 2. The van der Waals surface area contributed by atoms with Crippen LogP contribution in [0.3, 0.4) is 0 Å². The summed E-state index contributed by atoms with van der Waals surface area (Å²) >= 11 is 0. The number of hydrogen-bond donors (Lipinski definition) is 2. The van der Waals surface area contributed by atoms with Crippen LogP contribution in [0.15, 0.2) is 18.2 Å². The van der Waals surface area contributed by atoms with E-state index in [2.05, 4.69) is 19.1 Å². The van der Waals surface area contributed by atoms with Crippen molar-refractivity contribution in [2.45, 2.75) is 44.6 Å². The molecule has 0 unspecified atom stereocenters. The van der Waals surface area contributed by atoms with Crippen LogP contribution in [0.2, 0.25) is 0 Å². The molecule has 0 spiro atoms. The van der Waals surface area contributed by atoms with Gasteiger partial charge in [0.25, 0.3) is 0 Å². The van der Waals surface area contributed by atoms with E-state index < -0.39 is 0 Å². The lowest BCUT2D eigenvalue weighted by Gasteiger charge is -2.27. The van der Waals surface area contributed by atoms with Crippen molar-refractivity contribution in [1.82, 2.24) is 0 Å². The Balaban J connectivity index is 2.18. The Bertz CT molecular complexity index is 338. The number of hydrogen-bond acceptors (Lipinski definition) is 2. The fourth-order valence-corrected chi connectivity index (χ4v) is 2.53. The molecule has 1 aliphatic carbocycles. The van der Waals surface area contributed by atoms with Crippen LogP contribution in [0, 0.1) is 6.92 Å². The molecule has 1 aliphatic rings. The molecule has 1 aromatic carbocycles. The van der Waals surface area contributed by atoms with Gasteiger partial charge in [0.1, 0.15) is 0 Å². The zero-order valence-corrected chi connectivity index (χ0v) is 9.37. The predicted octanol–water partition coefficient (Wildman–Crippen LogP) is 2.56. The second kappa shape index (κ2) is 4.23. The van der Waals surface area contributed by atoms with Gasteiger partial charge in [0.2, 0.25) is 0 Å². The molecule has 0 amide bonds. The lowest BCUT2D eigenvalue weighted by molar-refractivity contribution is 0.395. The minimum absolute atomic E-state index is 0.419. The van der Waals surface area contributed by atoms with E-state index in [1.54, 1.807) is 0 Å². The highest BCUT2D eigenvalue weighted by Gasteiger charge is 2.21. The third kappa shape index (κ3) is 2.32. The van der Waals surface area contributed by atoms with Crippen molar-refractivity contribution in [3.63, 3.8) is 0 Å². The normalized spacial score (nSPS) is 26.5. The zero-order valence-electron chi connectivity index (χ0n) is 9.37. The van der Waals surface area contributed by atoms with Crippen molar-refractivity contribution in [2.24, 2.45) is 5.73 Å². The summed E-state index contributed by atoms with van der Waals surface area (Å²) in [6, 6.07) is 6.66. The fraction of sp³-hybridized carbons (Fsp3) is 0.538. The molecule has 0 atom stereocenters. The summed E-state index contributed by atoms with van der Waals surface area (Å²) in [5.74, 6) is 0.674. The van der Waals surface area contributed by atoms with E-state index in [0.717, 1.165) is 18.5 Å². The maximum absolute atomic E-state index is 5.92. The van der Waals surface area contributed by atoms with Crippen LogP contribution in [0.25, 0.3) is 0 Å². The Labute approximate surface area is 91.7 Å². The Morgan fingerprint density at radius 3 is 2.47 bits per heavy atom. The van der Waals surface area contributed by atoms with Crippen LogP contribution in [0.5, 0.6) is 0 Å². The molecule has 4 N–H and O–H groups in total. The number of benzene rings is 1.